The van der Waals surface area contributed by atoms with Crippen molar-refractivity contribution in [3.8, 4) is 0 Å². The lowest BCUT2D eigenvalue weighted by Crippen LogP contribution is -2.27. The average Bonchev–Trinajstić information content (AvgIpc) is 2.46. The number of hydrogen-bond acceptors (Lipinski definition) is 3. The largest absolute Gasteiger partial charge is 0.371 e. The van der Waals surface area contributed by atoms with E-state index in [-0.39, 0.29) is 0 Å². The maximum absolute atomic E-state index is 5.81. The predicted octanol–water partition coefficient (Wildman–Crippen LogP) is 3.46. The third-order valence-corrected chi connectivity index (χ3v) is 4.15. The van der Waals surface area contributed by atoms with Crippen LogP contribution < -0.4 is 10.6 Å². The molecule has 0 atom stereocenters. The monoisotopic (exact) mass is 269 g/mol. The quantitative estimate of drug-likeness (QED) is 0.907. The molecule has 1 fully saturated rings. The second kappa shape index (κ2) is 6.23. The molecular formula is C17H23N3. The second-order valence-corrected chi connectivity index (χ2v) is 5.61. The van der Waals surface area contributed by atoms with Crippen LogP contribution in [0.5, 0.6) is 0 Å². The highest BCUT2D eigenvalue weighted by Crippen LogP contribution is 2.28. The molecule has 3 nitrogen and oxygen atoms in total. The molecule has 0 aliphatic carbocycles. The lowest BCUT2D eigenvalue weighted by atomic mass is 10.1. The van der Waals surface area contributed by atoms with Crippen LogP contribution in [-0.2, 0) is 6.54 Å². The molecule has 0 amide bonds. The highest BCUT2D eigenvalue weighted by molar-refractivity contribution is 5.92. The normalized spacial score (nSPS) is 16.9. The molecule has 3 rings (SSSR count). The van der Waals surface area contributed by atoms with Crippen molar-refractivity contribution in [2.24, 2.45) is 5.73 Å². The van der Waals surface area contributed by atoms with Crippen LogP contribution in [0.3, 0.4) is 0 Å². The standard InChI is InChI=1S/C17H23N3/c18-13-14-12-17(15-8-4-5-9-16(15)19-14)20-10-6-2-1-3-7-11-20/h4-5,8-9,12H,1-3,6-7,10-11,13,18H2. The first-order chi connectivity index (χ1) is 9.88. The first kappa shape index (κ1) is 13.4. The maximum Gasteiger partial charge on any atom is 0.0726 e. The van der Waals surface area contributed by atoms with Crippen LogP contribution in [0.4, 0.5) is 5.69 Å². The highest BCUT2D eigenvalue weighted by Gasteiger charge is 2.13. The summed E-state index contributed by atoms with van der Waals surface area (Å²) in [4.78, 5) is 7.17. The van der Waals surface area contributed by atoms with Gasteiger partial charge in [0, 0.05) is 30.7 Å². The van der Waals surface area contributed by atoms with Gasteiger partial charge in [0.25, 0.3) is 0 Å². The van der Waals surface area contributed by atoms with Crippen molar-refractivity contribution in [3.63, 3.8) is 0 Å². The molecule has 106 valence electrons. The Hall–Kier alpha value is -1.61. The number of hydrogen-bond donors (Lipinski definition) is 1. The molecule has 1 aromatic carbocycles. The van der Waals surface area contributed by atoms with Crippen molar-refractivity contribution in [1.82, 2.24) is 4.98 Å². The van der Waals surface area contributed by atoms with Crippen molar-refractivity contribution in [1.29, 1.82) is 0 Å². The fourth-order valence-electron chi connectivity index (χ4n) is 3.06. The fraction of sp³-hybridized carbons (Fsp3) is 0.471. The number of aromatic nitrogens is 1. The van der Waals surface area contributed by atoms with Crippen molar-refractivity contribution in [3.05, 3.63) is 36.0 Å². The van der Waals surface area contributed by atoms with Crippen molar-refractivity contribution in [2.75, 3.05) is 18.0 Å². The molecule has 1 aliphatic heterocycles. The van der Waals surface area contributed by atoms with E-state index in [0.717, 1.165) is 24.3 Å². The van der Waals surface area contributed by atoms with Gasteiger partial charge < -0.3 is 10.6 Å². The fourth-order valence-corrected chi connectivity index (χ4v) is 3.06. The number of nitrogens with zero attached hydrogens (tertiary/aromatic N) is 2. The molecule has 0 saturated carbocycles. The van der Waals surface area contributed by atoms with Gasteiger partial charge in [-0.2, -0.15) is 0 Å². The summed E-state index contributed by atoms with van der Waals surface area (Å²) < 4.78 is 0. The van der Waals surface area contributed by atoms with E-state index in [2.05, 4.69) is 34.1 Å². The van der Waals surface area contributed by atoms with Crippen LogP contribution in [0.2, 0.25) is 0 Å². The molecular weight excluding hydrogens is 246 g/mol. The SMILES string of the molecule is NCc1cc(N2CCCCCCC2)c2ccccc2n1. The average molecular weight is 269 g/mol. The Morgan fingerprint density at radius 3 is 2.45 bits per heavy atom. The van der Waals surface area contributed by atoms with E-state index in [9.17, 15) is 0 Å². The molecule has 0 unspecified atom stereocenters. The number of fused-ring (bicyclic) bond motifs is 1. The molecule has 3 heteroatoms. The van der Waals surface area contributed by atoms with Gasteiger partial charge in [-0.3, -0.25) is 4.98 Å². The van der Waals surface area contributed by atoms with E-state index < -0.39 is 0 Å². The van der Waals surface area contributed by atoms with Gasteiger partial charge in [-0.15, -0.1) is 0 Å². The van der Waals surface area contributed by atoms with E-state index >= 15 is 0 Å². The maximum atomic E-state index is 5.81. The Morgan fingerprint density at radius 2 is 1.70 bits per heavy atom. The zero-order valence-electron chi connectivity index (χ0n) is 12.0. The van der Waals surface area contributed by atoms with Crippen molar-refractivity contribution in [2.45, 2.75) is 38.6 Å². The second-order valence-electron chi connectivity index (χ2n) is 5.61. The molecule has 2 N–H and O–H groups in total. The van der Waals surface area contributed by atoms with Gasteiger partial charge in [-0.1, -0.05) is 37.5 Å². The summed E-state index contributed by atoms with van der Waals surface area (Å²) in [5.41, 5.74) is 9.18. The van der Waals surface area contributed by atoms with E-state index in [0.29, 0.717) is 6.54 Å². The molecule has 20 heavy (non-hydrogen) atoms. The first-order valence-corrected chi connectivity index (χ1v) is 7.72. The number of benzene rings is 1. The lowest BCUT2D eigenvalue weighted by Gasteiger charge is -2.28. The minimum absolute atomic E-state index is 0.506. The molecule has 0 spiro atoms. The van der Waals surface area contributed by atoms with E-state index in [1.54, 1.807) is 0 Å². The highest BCUT2D eigenvalue weighted by atomic mass is 15.1. The van der Waals surface area contributed by atoms with Gasteiger partial charge in [0.2, 0.25) is 0 Å². The Labute approximate surface area is 120 Å². The number of nitrogens with two attached hydrogens (primary N) is 1. The van der Waals surface area contributed by atoms with Crippen molar-refractivity contribution >= 4 is 16.6 Å². The Bertz CT molecular complexity index is 571. The molecule has 2 aromatic rings. The van der Waals surface area contributed by atoms with Gasteiger partial charge in [0.15, 0.2) is 0 Å². The molecule has 1 aromatic heterocycles. The topological polar surface area (TPSA) is 42.1 Å². The Kier molecular flexibility index (Phi) is 4.16. The Balaban J connectivity index is 2.03. The minimum atomic E-state index is 0.506. The first-order valence-electron chi connectivity index (χ1n) is 7.72. The van der Waals surface area contributed by atoms with Gasteiger partial charge in [0.05, 0.1) is 11.2 Å². The zero-order chi connectivity index (χ0) is 13.8. The molecule has 0 bridgehead atoms. The van der Waals surface area contributed by atoms with E-state index in [1.807, 2.05) is 6.07 Å². The van der Waals surface area contributed by atoms with Crippen LogP contribution in [-0.4, -0.2) is 18.1 Å². The van der Waals surface area contributed by atoms with Gasteiger partial charge >= 0.3 is 0 Å². The summed E-state index contributed by atoms with van der Waals surface area (Å²) in [7, 11) is 0. The number of rotatable bonds is 2. The third-order valence-electron chi connectivity index (χ3n) is 4.15. The zero-order valence-corrected chi connectivity index (χ0v) is 12.0. The summed E-state index contributed by atoms with van der Waals surface area (Å²) in [6.45, 7) is 2.81. The molecule has 1 aliphatic rings. The van der Waals surface area contributed by atoms with Gasteiger partial charge in [-0.05, 0) is 25.0 Å². The molecule has 1 saturated heterocycles. The summed E-state index contributed by atoms with van der Waals surface area (Å²) in [6.07, 6.45) is 6.66. The molecule has 2 heterocycles. The van der Waals surface area contributed by atoms with E-state index in [4.69, 9.17) is 5.73 Å². The number of para-hydroxylation sites is 1. The van der Waals surface area contributed by atoms with Gasteiger partial charge in [-0.25, -0.2) is 0 Å². The van der Waals surface area contributed by atoms with Gasteiger partial charge in [0.1, 0.15) is 0 Å². The van der Waals surface area contributed by atoms with Crippen LogP contribution in [0.15, 0.2) is 30.3 Å². The summed E-state index contributed by atoms with van der Waals surface area (Å²) >= 11 is 0. The number of pyridine rings is 1. The predicted molar refractivity (Wildman–Crippen MR) is 84.9 cm³/mol. The smallest absolute Gasteiger partial charge is 0.0726 e. The third kappa shape index (κ3) is 2.78. The van der Waals surface area contributed by atoms with Crippen LogP contribution in [0.25, 0.3) is 10.9 Å². The lowest BCUT2D eigenvalue weighted by molar-refractivity contribution is 0.557. The minimum Gasteiger partial charge on any atom is -0.371 e. The van der Waals surface area contributed by atoms with Crippen LogP contribution in [0.1, 0.15) is 37.8 Å². The van der Waals surface area contributed by atoms with Crippen molar-refractivity contribution < 1.29 is 0 Å². The Morgan fingerprint density at radius 1 is 1.00 bits per heavy atom. The summed E-state index contributed by atoms with van der Waals surface area (Å²) in [5, 5.41) is 1.25. The van der Waals surface area contributed by atoms with E-state index in [1.165, 1.54) is 43.2 Å². The summed E-state index contributed by atoms with van der Waals surface area (Å²) in [5.74, 6) is 0. The van der Waals surface area contributed by atoms with Crippen LogP contribution in [0, 0.1) is 0 Å². The van der Waals surface area contributed by atoms with Crippen LogP contribution >= 0.6 is 0 Å². The molecule has 0 radical (unpaired) electrons. The number of anilines is 1. The summed E-state index contributed by atoms with van der Waals surface area (Å²) in [6, 6.07) is 10.6.